The number of hydrogen-bond acceptors (Lipinski definition) is 5. The van der Waals surface area contributed by atoms with Crippen LogP contribution in [0, 0.1) is 0 Å². The zero-order valence-electron chi connectivity index (χ0n) is 17.2. The molecule has 1 aromatic rings. The maximum atomic E-state index is 13.3. The van der Waals surface area contributed by atoms with Gasteiger partial charge in [-0.05, 0) is 13.1 Å². The minimum Gasteiger partial charge on any atom is -0.598 e. The van der Waals surface area contributed by atoms with Crippen LogP contribution in [0.5, 0.6) is 5.75 Å². The number of carbonyl (C=O) groups is 1. The third-order valence-corrected chi connectivity index (χ3v) is 7.59. The van der Waals surface area contributed by atoms with Gasteiger partial charge >= 0.3 is 6.03 Å². The zero-order chi connectivity index (χ0) is 20.6. The average Bonchev–Trinajstić information content (AvgIpc) is 2.84. The summed E-state index contributed by atoms with van der Waals surface area (Å²) in [5.41, 5.74) is 0.438. The summed E-state index contributed by atoms with van der Waals surface area (Å²) in [6, 6.07) is 7.90. The van der Waals surface area contributed by atoms with E-state index in [0.717, 1.165) is 37.5 Å². The highest BCUT2D eigenvalue weighted by Crippen LogP contribution is 2.36. The number of piperidine rings is 1. The number of rotatable bonds is 1. The number of likely N-dealkylation sites (N-methyl/N-ethyl adjacent to an activating group) is 1. The van der Waals surface area contributed by atoms with Crippen LogP contribution >= 0.6 is 0 Å². The fourth-order valence-corrected chi connectivity index (χ4v) is 5.27. The van der Waals surface area contributed by atoms with Gasteiger partial charge in [-0.25, -0.2) is 4.79 Å². The number of piperazine rings is 1. The quantitative estimate of drug-likeness (QED) is 0.637. The standard InChI is InChI=1S/C20H30N4O4S/c1-21-11-13-22(14-12-21)19(25)23-15-17-5-3-4-6-18(17)28-20(16-23)7-9-24(10-8-20)29(2,26)27/h3-6H,7-16H2,1-2H3. The third kappa shape index (κ3) is 4.42. The molecule has 1 atom stereocenters. The molecule has 8 nitrogen and oxygen atoms in total. The van der Waals surface area contributed by atoms with Crippen molar-refractivity contribution in [2.24, 2.45) is 0 Å². The third-order valence-electron chi connectivity index (χ3n) is 6.29. The Hall–Kier alpha value is -1.68. The number of fused-ring (bicyclic) bond motifs is 1. The summed E-state index contributed by atoms with van der Waals surface area (Å²) in [4.78, 5) is 19.4. The van der Waals surface area contributed by atoms with Gasteiger partial charge in [0.1, 0.15) is 28.0 Å². The molecule has 2 saturated heterocycles. The minimum absolute atomic E-state index is 0.0447. The highest BCUT2D eigenvalue weighted by molar-refractivity contribution is 7.94. The molecule has 4 rings (SSSR count). The van der Waals surface area contributed by atoms with E-state index in [0.29, 0.717) is 39.0 Å². The van der Waals surface area contributed by atoms with Crippen molar-refractivity contribution in [2.75, 3.05) is 59.1 Å². The van der Waals surface area contributed by atoms with Crippen molar-refractivity contribution in [1.82, 2.24) is 19.0 Å². The fourth-order valence-electron chi connectivity index (χ4n) is 4.43. The number of benzene rings is 1. The van der Waals surface area contributed by atoms with Gasteiger partial charge in [0.25, 0.3) is 0 Å². The first kappa shape index (κ1) is 20.6. The Morgan fingerprint density at radius 2 is 1.72 bits per heavy atom. The predicted molar refractivity (Wildman–Crippen MR) is 110 cm³/mol. The molecule has 1 spiro atoms. The number of sulfonamides is 1. The van der Waals surface area contributed by atoms with Crippen molar-refractivity contribution < 1.29 is 18.3 Å². The summed E-state index contributed by atoms with van der Waals surface area (Å²) >= 11 is 0. The molecule has 9 heteroatoms. The molecular weight excluding hydrogens is 392 g/mol. The summed E-state index contributed by atoms with van der Waals surface area (Å²) < 4.78 is 31.9. The van der Waals surface area contributed by atoms with Crippen LogP contribution in [-0.4, -0.2) is 94.3 Å². The Morgan fingerprint density at radius 3 is 2.38 bits per heavy atom. The van der Waals surface area contributed by atoms with Gasteiger partial charge in [-0.2, -0.15) is 0 Å². The van der Waals surface area contributed by atoms with Crippen LogP contribution in [-0.2, 0) is 21.2 Å². The second kappa shape index (κ2) is 7.86. The molecule has 0 aromatic heterocycles. The molecule has 0 saturated carbocycles. The maximum absolute atomic E-state index is 13.3. The van der Waals surface area contributed by atoms with Gasteiger partial charge in [-0.3, -0.25) is 0 Å². The van der Waals surface area contributed by atoms with Gasteiger partial charge in [0.15, 0.2) is 0 Å². The smallest absolute Gasteiger partial charge is 0.320 e. The molecule has 0 aliphatic carbocycles. The van der Waals surface area contributed by atoms with Crippen molar-refractivity contribution in [2.45, 2.75) is 25.0 Å². The molecule has 160 valence electrons. The lowest BCUT2D eigenvalue weighted by molar-refractivity contribution is -0.000836. The highest BCUT2D eigenvalue weighted by atomic mass is 32.3. The normalized spacial score (nSPS) is 25.1. The minimum atomic E-state index is -3.22. The summed E-state index contributed by atoms with van der Waals surface area (Å²) in [7, 11) is -1.15. The van der Waals surface area contributed by atoms with Crippen molar-refractivity contribution in [1.29, 1.82) is 0 Å². The van der Waals surface area contributed by atoms with E-state index in [9.17, 15) is 13.6 Å². The molecule has 3 aliphatic rings. The first-order valence-electron chi connectivity index (χ1n) is 10.2. The molecule has 0 radical (unpaired) electrons. The fraction of sp³-hybridized carbons (Fsp3) is 0.650. The maximum Gasteiger partial charge on any atom is 0.320 e. The van der Waals surface area contributed by atoms with Crippen LogP contribution in [0.4, 0.5) is 4.79 Å². The summed E-state index contributed by atoms with van der Waals surface area (Å²) in [5.74, 6) is 0.800. The monoisotopic (exact) mass is 422 g/mol. The van der Waals surface area contributed by atoms with Crippen LogP contribution < -0.4 is 4.74 Å². The van der Waals surface area contributed by atoms with Gasteiger partial charge in [-0.1, -0.05) is 22.4 Å². The number of carbonyl (C=O) groups excluding carboxylic acids is 1. The molecule has 0 bridgehead atoms. The second-order valence-corrected chi connectivity index (χ2v) is 10.5. The number of amides is 2. The molecule has 3 aliphatic heterocycles. The average molecular weight is 423 g/mol. The van der Waals surface area contributed by atoms with Crippen LogP contribution in [0.15, 0.2) is 24.3 Å². The number of urea groups is 1. The van der Waals surface area contributed by atoms with E-state index in [-0.39, 0.29) is 6.03 Å². The van der Waals surface area contributed by atoms with E-state index in [2.05, 4.69) is 11.9 Å². The van der Waals surface area contributed by atoms with Crippen LogP contribution in [0.25, 0.3) is 0 Å². The molecule has 1 unspecified atom stereocenters. The van der Waals surface area contributed by atoms with Crippen LogP contribution in [0.3, 0.4) is 0 Å². The molecule has 2 fully saturated rings. The molecule has 3 heterocycles. The Labute approximate surface area is 173 Å². The number of nitrogens with zero attached hydrogens (tertiary/aromatic N) is 4. The van der Waals surface area contributed by atoms with Gasteiger partial charge < -0.3 is 24.0 Å². The predicted octanol–water partition coefficient (Wildman–Crippen LogP) is 1.26. The SMILES string of the molecule is CN1CCN(C(=O)N2Cc3ccccc3OC3(CCN([S+](C)(=O)[O-])CC3)C2)CC1. The topological polar surface area (TPSA) is 79.4 Å². The molecule has 0 N–H and O–H groups in total. The van der Waals surface area contributed by atoms with Gasteiger partial charge in [0, 0.05) is 57.7 Å². The number of para-hydroxylation sites is 1. The lowest BCUT2D eigenvalue weighted by Gasteiger charge is -2.43. The van der Waals surface area contributed by atoms with E-state index in [1.54, 1.807) is 0 Å². The van der Waals surface area contributed by atoms with E-state index in [4.69, 9.17) is 4.74 Å². The van der Waals surface area contributed by atoms with E-state index >= 15 is 0 Å². The van der Waals surface area contributed by atoms with E-state index < -0.39 is 16.0 Å². The van der Waals surface area contributed by atoms with E-state index in [1.807, 2.05) is 34.1 Å². The lowest BCUT2D eigenvalue weighted by Crippen LogP contribution is -2.58. The number of ether oxygens (including phenoxy) is 1. The Kier molecular flexibility index (Phi) is 5.58. The van der Waals surface area contributed by atoms with Crippen molar-refractivity contribution in [3.05, 3.63) is 29.8 Å². The number of hydrogen-bond donors (Lipinski definition) is 0. The van der Waals surface area contributed by atoms with Gasteiger partial charge in [0.2, 0.25) is 0 Å². The van der Waals surface area contributed by atoms with Crippen molar-refractivity contribution in [3.8, 4) is 5.75 Å². The largest absolute Gasteiger partial charge is 0.598 e. The van der Waals surface area contributed by atoms with Crippen molar-refractivity contribution in [3.63, 3.8) is 0 Å². The van der Waals surface area contributed by atoms with E-state index in [1.165, 1.54) is 10.6 Å². The van der Waals surface area contributed by atoms with Crippen LogP contribution in [0.1, 0.15) is 18.4 Å². The Bertz CT molecular complexity index is 797. The summed E-state index contributed by atoms with van der Waals surface area (Å²) in [5, 5.41) is 0. The zero-order valence-corrected chi connectivity index (χ0v) is 18.0. The van der Waals surface area contributed by atoms with Crippen LogP contribution in [0.2, 0.25) is 0 Å². The summed E-state index contributed by atoms with van der Waals surface area (Å²) in [6.45, 7) is 5.02. The van der Waals surface area contributed by atoms with Crippen molar-refractivity contribution >= 4 is 16.4 Å². The molecule has 2 amide bonds. The first-order chi connectivity index (χ1) is 13.8. The Balaban J connectivity index is 1.57. The lowest BCUT2D eigenvalue weighted by atomic mass is 9.91. The first-order valence-corrected chi connectivity index (χ1v) is 12.1. The summed E-state index contributed by atoms with van der Waals surface area (Å²) in [6.07, 6.45) is 2.39. The molecule has 1 aromatic carbocycles. The second-order valence-electron chi connectivity index (χ2n) is 8.48. The molecular formula is C20H30N4O4S. The Morgan fingerprint density at radius 1 is 1.07 bits per heavy atom. The van der Waals surface area contributed by atoms with Gasteiger partial charge in [-0.15, -0.1) is 4.31 Å². The van der Waals surface area contributed by atoms with Gasteiger partial charge in [0.05, 0.1) is 13.1 Å². The highest BCUT2D eigenvalue weighted by Gasteiger charge is 2.45. The molecule has 29 heavy (non-hydrogen) atoms.